The van der Waals surface area contributed by atoms with Crippen molar-refractivity contribution in [2.24, 2.45) is 17.8 Å². The van der Waals surface area contributed by atoms with Gasteiger partial charge in [-0.15, -0.1) is 0 Å². The first-order valence-corrected chi connectivity index (χ1v) is 10.1. The summed E-state index contributed by atoms with van der Waals surface area (Å²) in [5.41, 5.74) is 1.15. The number of ether oxygens (including phenoxy) is 3. The van der Waals surface area contributed by atoms with Crippen molar-refractivity contribution in [1.29, 1.82) is 0 Å². The van der Waals surface area contributed by atoms with E-state index in [9.17, 15) is 0 Å². The summed E-state index contributed by atoms with van der Waals surface area (Å²) in [5.74, 6) is 4.79. The first-order valence-electron chi connectivity index (χ1n) is 10.1. The standard InChI is InChI=1S/C22H32N2O3/c1-25-20-7-6-18(21(26-2)22(20)27-3)14-23-8-10-24(11-9-23)15-19-13-16-4-5-17(19)12-16/h4-7,16-17,19H,8-15H2,1-3H3/t16-,17+,19+/m0/s1. The van der Waals surface area contributed by atoms with Crippen LogP contribution in [-0.4, -0.2) is 63.9 Å². The Morgan fingerprint density at radius 1 is 0.852 bits per heavy atom. The third kappa shape index (κ3) is 3.81. The summed E-state index contributed by atoms with van der Waals surface area (Å²) in [4.78, 5) is 5.18. The zero-order chi connectivity index (χ0) is 18.8. The fourth-order valence-corrected chi connectivity index (χ4v) is 5.09. The van der Waals surface area contributed by atoms with E-state index in [0.29, 0.717) is 11.5 Å². The third-order valence-corrected chi connectivity index (χ3v) is 6.55. The molecule has 5 heteroatoms. The van der Waals surface area contributed by atoms with Crippen molar-refractivity contribution in [2.75, 3.05) is 54.1 Å². The number of rotatable bonds is 7. The Balaban J connectivity index is 1.33. The Kier molecular flexibility index (Phi) is 5.60. The number of hydrogen-bond donors (Lipinski definition) is 0. The van der Waals surface area contributed by atoms with E-state index in [1.54, 1.807) is 21.3 Å². The van der Waals surface area contributed by atoms with E-state index >= 15 is 0 Å². The maximum Gasteiger partial charge on any atom is 0.203 e. The molecule has 0 aromatic heterocycles. The van der Waals surface area contributed by atoms with E-state index in [-0.39, 0.29) is 0 Å². The van der Waals surface area contributed by atoms with Crippen LogP contribution in [0.25, 0.3) is 0 Å². The minimum absolute atomic E-state index is 0.681. The van der Waals surface area contributed by atoms with Gasteiger partial charge in [-0.05, 0) is 36.7 Å². The number of piperazine rings is 1. The van der Waals surface area contributed by atoms with Gasteiger partial charge in [-0.1, -0.05) is 18.2 Å². The van der Waals surface area contributed by atoms with E-state index in [4.69, 9.17) is 14.2 Å². The van der Waals surface area contributed by atoms with Crippen LogP contribution in [0.15, 0.2) is 24.3 Å². The number of hydrogen-bond acceptors (Lipinski definition) is 5. The van der Waals surface area contributed by atoms with Crippen molar-refractivity contribution in [3.63, 3.8) is 0 Å². The second kappa shape index (κ2) is 8.11. The number of benzene rings is 1. The predicted octanol–water partition coefficient (Wildman–Crippen LogP) is 3.04. The van der Waals surface area contributed by atoms with Gasteiger partial charge >= 0.3 is 0 Å². The Labute approximate surface area is 162 Å². The van der Waals surface area contributed by atoms with Crippen molar-refractivity contribution in [2.45, 2.75) is 19.4 Å². The molecule has 5 nitrogen and oxygen atoms in total. The van der Waals surface area contributed by atoms with Gasteiger partial charge in [0, 0.05) is 44.8 Å². The quantitative estimate of drug-likeness (QED) is 0.687. The highest BCUT2D eigenvalue weighted by Crippen LogP contribution is 2.44. The van der Waals surface area contributed by atoms with E-state index in [1.807, 2.05) is 6.07 Å². The SMILES string of the molecule is COc1ccc(CN2CCN(C[C@H]3C[C@H]4C=C[C@@H]3C4)CC2)c(OC)c1OC. The smallest absolute Gasteiger partial charge is 0.203 e. The average Bonchev–Trinajstić information content (AvgIpc) is 3.32. The summed E-state index contributed by atoms with van der Waals surface area (Å²) in [6.45, 7) is 6.69. The molecule has 2 aliphatic carbocycles. The molecule has 1 heterocycles. The van der Waals surface area contributed by atoms with Crippen molar-refractivity contribution in [1.82, 2.24) is 9.80 Å². The van der Waals surface area contributed by atoms with Crippen LogP contribution in [0.2, 0.25) is 0 Å². The average molecular weight is 373 g/mol. The highest BCUT2D eigenvalue weighted by molar-refractivity contribution is 5.55. The van der Waals surface area contributed by atoms with Crippen molar-refractivity contribution < 1.29 is 14.2 Å². The molecule has 148 valence electrons. The molecule has 1 aromatic rings. The molecule has 27 heavy (non-hydrogen) atoms. The van der Waals surface area contributed by atoms with Gasteiger partial charge in [-0.2, -0.15) is 0 Å². The maximum atomic E-state index is 5.64. The largest absolute Gasteiger partial charge is 0.493 e. The molecule has 1 saturated heterocycles. The minimum Gasteiger partial charge on any atom is -0.493 e. The van der Waals surface area contributed by atoms with E-state index in [1.165, 1.54) is 19.4 Å². The van der Waals surface area contributed by atoms with Crippen LogP contribution in [0.5, 0.6) is 17.2 Å². The second-order valence-corrected chi connectivity index (χ2v) is 8.11. The highest BCUT2D eigenvalue weighted by Gasteiger charge is 2.36. The molecule has 0 unspecified atom stereocenters. The number of allylic oxidation sites excluding steroid dienone is 2. The maximum absolute atomic E-state index is 5.64. The third-order valence-electron chi connectivity index (χ3n) is 6.55. The van der Waals surface area contributed by atoms with E-state index in [0.717, 1.165) is 61.8 Å². The van der Waals surface area contributed by atoms with Gasteiger partial charge < -0.3 is 19.1 Å². The first-order chi connectivity index (χ1) is 13.2. The molecule has 2 fully saturated rings. The summed E-state index contributed by atoms with van der Waals surface area (Å²) < 4.78 is 16.6. The highest BCUT2D eigenvalue weighted by atomic mass is 16.5. The molecule has 0 amide bonds. The summed E-state index contributed by atoms with van der Waals surface area (Å²) in [5, 5.41) is 0. The second-order valence-electron chi connectivity index (χ2n) is 8.11. The van der Waals surface area contributed by atoms with Crippen LogP contribution in [-0.2, 0) is 6.54 Å². The van der Waals surface area contributed by atoms with Gasteiger partial charge in [-0.3, -0.25) is 4.90 Å². The minimum atomic E-state index is 0.681. The molecule has 1 aromatic carbocycles. The van der Waals surface area contributed by atoms with Gasteiger partial charge in [0.05, 0.1) is 21.3 Å². The number of fused-ring (bicyclic) bond motifs is 2. The Morgan fingerprint density at radius 3 is 2.19 bits per heavy atom. The molecule has 0 N–H and O–H groups in total. The normalized spacial score (nSPS) is 27.9. The lowest BCUT2D eigenvalue weighted by molar-refractivity contribution is 0.108. The zero-order valence-electron chi connectivity index (χ0n) is 16.8. The first kappa shape index (κ1) is 18.6. The molecular formula is C22H32N2O3. The summed E-state index contributed by atoms with van der Waals surface area (Å²) in [6, 6.07) is 4.06. The molecule has 1 saturated carbocycles. The monoisotopic (exact) mass is 372 g/mol. The lowest BCUT2D eigenvalue weighted by Gasteiger charge is -2.37. The van der Waals surface area contributed by atoms with Gasteiger partial charge in [0.15, 0.2) is 11.5 Å². The topological polar surface area (TPSA) is 34.2 Å². The zero-order valence-corrected chi connectivity index (χ0v) is 16.8. The molecular weight excluding hydrogens is 340 g/mol. The van der Waals surface area contributed by atoms with Gasteiger partial charge in [-0.25, -0.2) is 0 Å². The summed E-state index contributed by atoms with van der Waals surface area (Å²) in [6.07, 6.45) is 7.72. The van der Waals surface area contributed by atoms with E-state index in [2.05, 4.69) is 28.0 Å². The van der Waals surface area contributed by atoms with Crippen LogP contribution in [0, 0.1) is 17.8 Å². The van der Waals surface area contributed by atoms with Crippen molar-refractivity contribution >= 4 is 0 Å². The number of nitrogens with zero attached hydrogens (tertiary/aromatic N) is 2. The van der Waals surface area contributed by atoms with Crippen LogP contribution >= 0.6 is 0 Å². The predicted molar refractivity (Wildman–Crippen MR) is 107 cm³/mol. The van der Waals surface area contributed by atoms with E-state index < -0.39 is 0 Å². The Bertz CT molecular complexity index is 682. The molecule has 0 radical (unpaired) electrons. The van der Waals surface area contributed by atoms with Crippen LogP contribution < -0.4 is 14.2 Å². The van der Waals surface area contributed by atoms with Crippen molar-refractivity contribution in [3.05, 3.63) is 29.8 Å². The molecule has 3 aliphatic rings. The van der Waals surface area contributed by atoms with Gasteiger partial charge in [0.2, 0.25) is 5.75 Å². The Hall–Kier alpha value is -1.72. The Morgan fingerprint density at radius 2 is 1.59 bits per heavy atom. The lowest BCUT2D eigenvalue weighted by Crippen LogP contribution is -2.47. The van der Waals surface area contributed by atoms with Crippen molar-refractivity contribution in [3.8, 4) is 17.2 Å². The molecule has 3 atom stereocenters. The van der Waals surface area contributed by atoms with Gasteiger partial charge in [0.1, 0.15) is 0 Å². The fourth-order valence-electron chi connectivity index (χ4n) is 5.09. The van der Waals surface area contributed by atoms with Crippen LogP contribution in [0.1, 0.15) is 18.4 Å². The molecule has 0 spiro atoms. The van der Waals surface area contributed by atoms with Gasteiger partial charge in [0.25, 0.3) is 0 Å². The van der Waals surface area contributed by atoms with Crippen LogP contribution in [0.4, 0.5) is 0 Å². The molecule has 2 bridgehead atoms. The summed E-state index contributed by atoms with van der Waals surface area (Å²) >= 11 is 0. The molecule has 1 aliphatic heterocycles. The summed E-state index contributed by atoms with van der Waals surface area (Å²) in [7, 11) is 5.01. The lowest BCUT2D eigenvalue weighted by atomic mass is 9.93. The fraction of sp³-hybridized carbons (Fsp3) is 0.636. The van der Waals surface area contributed by atoms with Crippen LogP contribution in [0.3, 0.4) is 0 Å². The number of methoxy groups -OCH3 is 3. The molecule has 4 rings (SSSR count).